The van der Waals surface area contributed by atoms with Crippen LogP contribution < -0.4 is 5.32 Å². The third kappa shape index (κ3) is 3.19. The van der Waals surface area contributed by atoms with Crippen molar-refractivity contribution in [3.63, 3.8) is 0 Å². The number of amides is 1. The first-order valence-electron chi connectivity index (χ1n) is 7.37. The molecule has 3 rings (SSSR count). The summed E-state index contributed by atoms with van der Waals surface area (Å²) in [4.78, 5) is 13.5. The van der Waals surface area contributed by atoms with Crippen LogP contribution in [0.5, 0.6) is 0 Å². The molecule has 6 heteroatoms. The highest BCUT2D eigenvalue weighted by atomic mass is 16.5. The highest BCUT2D eigenvalue weighted by Gasteiger charge is 2.27. The van der Waals surface area contributed by atoms with Gasteiger partial charge in [-0.1, -0.05) is 0 Å². The molecule has 2 aliphatic rings. The molecule has 0 aliphatic carbocycles. The van der Waals surface area contributed by atoms with Gasteiger partial charge in [0.2, 0.25) is 5.91 Å². The fourth-order valence-corrected chi connectivity index (χ4v) is 3.06. The molecule has 0 radical (unpaired) electrons. The standard InChI is InChI=1S/C14H22N4O2/c1-11(19)15-14-5-7-18(16-14)12-4-6-17(9-12)10-13-3-2-8-20-13/h5,7,12-13H,2-4,6,8-10H2,1H3,(H,15,16,19)/t12-,13-/m0/s1. The first-order valence-corrected chi connectivity index (χ1v) is 7.37. The van der Waals surface area contributed by atoms with Crippen molar-refractivity contribution in [3.05, 3.63) is 12.3 Å². The second kappa shape index (κ2) is 5.93. The minimum absolute atomic E-state index is 0.0818. The van der Waals surface area contributed by atoms with Crippen molar-refractivity contribution in [2.24, 2.45) is 0 Å². The van der Waals surface area contributed by atoms with Gasteiger partial charge in [-0.3, -0.25) is 14.4 Å². The summed E-state index contributed by atoms with van der Waals surface area (Å²) in [6.45, 7) is 5.57. The van der Waals surface area contributed by atoms with Crippen LogP contribution in [-0.4, -0.2) is 52.9 Å². The lowest BCUT2D eigenvalue weighted by Crippen LogP contribution is -2.30. The van der Waals surface area contributed by atoms with E-state index in [0.29, 0.717) is 18.0 Å². The molecule has 2 atom stereocenters. The summed E-state index contributed by atoms with van der Waals surface area (Å²) in [6, 6.07) is 2.25. The molecular weight excluding hydrogens is 256 g/mol. The Kier molecular flexibility index (Phi) is 4.03. The molecule has 3 heterocycles. The minimum atomic E-state index is -0.0818. The third-order valence-corrected chi connectivity index (χ3v) is 4.02. The molecule has 0 aromatic carbocycles. The van der Waals surface area contributed by atoms with Gasteiger partial charge in [-0.2, -0.15) is 5.10 Å². The van der Waals surface area contributed by atoms with Crippen LogP contribution in [0, 0.1) is 0 Å². The van der Waals surface area contributed by atoms with Crippen LogP contribution >= 0.6 is 0 Å². The summed E-state index contributed by atoms with van der Waals surface area (Å²) in [5, 5.41) is 7.14. The van der Waals surface area contributed by atoms with Gasteiger partial charge in [-0.05, 0) is 19.3 Å². The molecule has 2 saturated heterocycles. The molecule has 1 amide bonds. The number of carbonyl (C=O) groups excluding carboxylic acids is 1. The summed E-state index contributed by atoms with van der Waals surface area (Å²) in [7, 11) is 0. The Hall–Kier alpha value is -1.40. The number of hydrogen-bond donors (Lipinski definition) is 1. The Morgan fingerprint density at radius 2 is 2.45 bits per heavy atom. The number of anilines is 1. The maximum Gasteiger partial charge on any atom is 0.222 e. The number of hydrogen-bond acceptors (Lipinski definition) is 4. The monoisotopic (exact) mass is 278 g/mol. The molecule has 110 valence electrons. The predicted octanol–water partition coefficient (Wildman–Crippen LogP) is 1.27. The van der Waals surface area contributed by atoms with Crippen LogP contribution in [0.2, 0.25) is 0 Å². The van der Waals surface area contributed by atoms with Gasteiger partial charge in [0.05, 0.1) is 12.1 Å². The van der Waals surface area contributed by atoms with E-state index in [1.54, 1.807) is 0 Å². The van der Waals surface area contributed by atoms with Gasteiger partial charge in [-0.25, -0.2) is 0 Å². The lowest BCUT2D eigenvalue weighted by atomic mass is 10.2. The topological polar surface area (TPSA) is 59.4 Å². The molecule has 0 spiro atoms. The zero-order chi connectivity index (χ0) is 13.9. The Morgan fingerprint density at radius 1 is 1.55 bits per heavy atom. The van der Waals surface area contributed by atoms with Crippen LogP contribution in [0.4, 0.5) is 5.82 Å². The lowest BCUT2D eigenvalue weighted by Gasteiger charge is -2.19. The van der Waals surface area contributed by atoms with Gasteiger partial charge in [0.25, 0.3) is 0 Å². The van der Waals surface area contributed by atoms with Gasteiger partial charge in [0.1, 0.15) is 0 Å². The maximum absolute atomic E-state index is 11.0. The first kappa shape index (κ1) is 13.6. The van der Waals surface area contributed by atoms with Crippen LogP contribution in [0.15, 0.2) is 12.3 Å². The van der Waals surface area contributed by atoms with Gasteiger partial charge in [-0.15, -0.1) is 0 Å². The largest absolute Gasteiger partial charge is 0.377 e. The molecule has 1 aromatic rings. The number of rotatable bonds is 4. The SMILES string of the molecule is CC(=O)Nc1ccn([C@H]2CCN(C[C@@H]3CCCO3)C2)n1. The second-order valence-corrected chi connectivity index (χ2v) is 5.70. The Bertz CT molecular complexity index is 467. The molecular formula is C14H22N4O2. The molecule has 20 heavy (non-hydrogen) atoms. The molecule has 1 aromatic heterocycles. The zero-order valence-electron chi connectivity index (χ0n) is 11.9. The second-order valence-electron chi connectivity index (χ2n) is 5.70. The van der Waals surface area contributed by atoms with E-state index >= 15 is 0 Å². The average molecular weight is 278 g/mol. The number of aromatic nitrogens is 2. The van der Waals surface area contributed by atoms with E-state index in [4.69, 9.17) is 4.74 Å². The minimum Gasteiger partial charge on any atom is -0.377 e. The van der Waals surface area contributed by atoms with E-state index in [2.05, 4.69) is 15.3 Å². The smallest absolute Gasteiger partial charge is 0.222 e. The van der Waals surface area contributed by atoms with Crippen molar-refractivity contribution in [3.8, 4) is 0 Å². The quantitative estimate of drug-likeness (QED) is 0.901. The fourth-order valence-electron chi connectivity index (χ4n) is 3.06. The molecule has 2 fully saturated rings. The number of carbonyl (C=O) groups is 1. The van der Waals surface area contributed by atoms with Crippen molar-refractivity contribution in [2.75, 3.05) is 31.6 Å². The molecule has 1 N–H and O–H groups in total. The third-order valence-electron chi connectivity index (χ3n) is 4.02. The van der Waals surface area contributed by atoms with Crippen molar-refractivity contribution < 1.29 is 9.53 Å². The van der Waals surface area contributed by atoms with E-state index < -0.39 is 0 Å². The summed E-state index contributed by atoms with van der Waals surface area (Å²) >= 11 is 0. The summed E-state index contributed by atoms with van der Waals surface area (Å²) in [6.07, 6.45) is 5.86. The van der Waals surface area contributed by atoms with Crippen molar-refractivity contribution in [2.45, 2.75) is 38.3 Å². The molecule has 2 aliphatic heterocycles. The van der Waals surface area contributed by atoms with Crippen LogP contribution in [0.25, 0.3) is 0 Å². The van der Waals surface area contributed by atoms with Crippen LogP contribution in [0.3, 0.4) is 0 Å². The summed E-state index contributed by atoms with van der Waals surface area (Å²) in [5.41, 5.74) is 0. The number of ether oxygens (including phenoxy) is 1. The van der Waals surface area contributed by atoms with E-state index in [9.17, 15) is 4.79 Å². The first-order chi connectivity index (χ1) is 9.70. The molecule has 0 saturated carbocycles. The van der Waals surface area contributed by atoms with Crippen LogP contribution in [0.1, 0.15) is 32.2 Å². The predicted molar refractivity (Wildman–Crippen MR) is 75.6 cm³/mol. The van der Waals surface area contributed by atoms with E-state index in [-0.39, 0.29) is 5.91 Å². The highest BCUT2D eigenvalue weighted by Crippen LogP contribution is 2.23. The Morgan fingerprint density at radius 3 is 3.20 bits per heavy atom. The summed E-state index contributed by atoms with van der Waals surface area (Å²) < 4.78 is 7.67. The number of likely N-dealkylation sites (tertiary alicyclic amines) is 1. The Balaban J connectivity index is 1.53. The van der Waals surface area contributed by atoms with Gasteiger partial charge in [0.15, 0.2) is 5.82 Å². The van der Waals surface area contributed by atoms with Gasteiger partial charge < -0.3 is 10.1 Å². The van der Waals surface area contributed by atoms with E-state index in [1.165, 1.54) is 19.8 Å². The maximum atomic E-state index is 11.0. The fraction of sp³-hybridized carbons (Fsp3) is 0.714. The highest BCUT2D eigenvalue weighted by molar-refractivity contribution is 5.87. The number of nitrogens with zero attached hydrogens (tertiary/aromatic N) is 3. The van der Waals surface area contributed by atoms with Crippen molar-refractivity contribution in [1.82, 2.24) is 14.7 Å². The van der Waals surface area contributed by atoms with Crippen molar-refractivity contribution >= 4 is 11.7 Å². The van der Waals surface area contributed by atoms with E-state index in [1.807, 2.05) is 16.9 Å². The Labute approximate surface area is 119 Å². The van der Waals surface area contributed by atoms with Crippen LogP contribution in [-0.2, 0) is 9.53 Å². The molecule has 0 bridgehead atoms. The van der Waals surface area contributed by atoms with Gasteiger partial charge in [0, 0.05) is 45.4 Å². The van der Waals surface area contributed by atoms with E-state index in [0.717, 1.165) is 32.7 Å². The van der Waals surface area contributed by atoms with Crippen molar-refractivity contribution in [1.29, 1.82) is 0 Å². The number of nitrogens with one attached hydrogen (secondary N) is 1. The molecule has 6 nitrogen and oxygen atoms in total. The zero-order valence-corrected chi connectivity index (χ0v) is 11.9. The lowest BCUT2D eigenvalue weighted by molar-refractivity contribution is -0.114. The normalized spacial score (nSPS) is 27.1. The van der Waals surface area contributed by atoms with Gasteiger partial charge >= 0.3 is 0 Å². The summed E-state index contributed by atoms with van der Waals surface area (Å²) in [5.74, 6) is 0.553. The average Bonchev–Trinajstić information content (AvgIpc) is 3.09. The molecule has 0 unspecified atom stereocenters.